The van der Waals surface area contributed by atoms with Crippen molar-refractivity contribution >= 4 is 0 Å². The summed E-state index contributed by atoms with van der Waals surface area (Å²) >= 11 is 0. The molecule has 0 unspecified atom stereocenters. The number of phenolic OH excluding ortho intramolecular Hbond substituents is 1. The van der Waals surface area contributed by atoms with E-state index in [9.17, 15) is 5.11 Å². The van der Waals surface area contributed by atoms with Crippen molar-refractivity contribution in [3.63, 3.8) is 0 Å². The van der Waals surface area contributed by atoms with E-state index in [1.165, 1.54) is 0 Å². The fraction of sp³-hybridized carbons (Fsp3) is 0.167. The molecular weight excluding hydrogens is 204 g/mol. The molecule has 0 aliphatic rings. The van der Waals surface area contributed by atoms with Crippen molar-refractivity contribution in [1.29, 1.82) is 0 Å². The zero-order valence-corrected chi connectivity index (χ0v) is 9.14. The van der Waals surface area contributed by atoms with Gasteiger partial charge in [0.25, 0.3) is 0 Å². The fourth-order valence-electron chi connectivity index (χ4n) is 1.40. The SMILES string of the molecule is Cc1cc(O)cc(Oc2ccnc(C)n2)c1. The van der Waals surface area contributed by atoms with E-state index in [1.54, 1.807) is 31.3 Å². The van der Waals surface area contributed by atoms with Gasteiger partial charge in [0.2, 0.25) is 5.88 Å². The number of ether oxygens (including phenoxy) is 1. The minimum atomic E-state index is 0.181. The Bertz CT molecular complexity index is 492. The molecule has 0 aliphatic heterocycles. The molecule has 1 aromatic carbocycles. The third-order valence-corrected chi connectivity index (χ3v) is 2.01. The first kappa shape index (κ1) is 10.4. The summed E-state index contributed by atoms with van der Waals surface area (Å²) in [6, 6.07) is 6.71. The monoisotopic (exact) mass is 216 g/mol. The first-order valence-corrected chi connectivity index (χ1v) is 4.91. The van der Waals surface area contributed by atoms with Crippen LogP contribution in [0, 0.1) is 13.8 Å². The molecule has 4 nitrogen and oxygen atoms in total. The van der Waals surface area contributed by atoms with Crippen LogP contribution in [0.1, 0.15) is 11.4 Å². The van der Waals surface area contributed by atoms with E-state index in [-0.39, 0.29) is 5.75 Å². The van der Waals surface area contributed by atoms with E-state index in [1.807, 2.05) is 13.0 Å². The largest absolute Gasteiger partial charge is 0.508 e. The summed E-state index contributed by atoms with van der Waals surface area (Å²) in [7, 11) is 0. The maximum absolute atomic E-state index is 9.41. The Labute approximate surface area is 93.6 Å². The molecule has 4 heteroatoms. The van der Waals surface area contributed by atoms with Crippen LogP contribution in [0.25, 0.3) is 0 Å². The van der Waals surface area contributed by atoms with Gasteiger partial charge in [-0.25, -0.2) is 4.98 Å². The molecule has 0 amide bonds. The molecule has 0 radical (unpaired) electrons. The van der Waals surface area contributed by atoms with Crippen LogP contribution in [-0.2, 0) is 0 Å². The highest BCUT2D eigenvalue weighted by molar-refractivity contribution is 5.38. The highest BCUT2D eigenvalue weighted by Gasteiger charge is 2.01. The Morgan fingerprint density at radius 2 is 2.00 bits per heavy atom. The number of benzene rings is 1. The Balaban J connectivity index is 2.27. The first-order valence-electron chi connectivity index (χ1n) is 4.91. The zero-order valence-electron chi connectivity index (χ0n) is 9.14. The van der Waals surface area contributed by atoms with Crippen molar-refractivity contribution in [3.8, 4) is 17.4 Å². The number of aryl methyl sites for hydroxylation is 2. The summed E-state index contributed by atoms with van der Waals surface area (Å²) in [5.74, 6) is 1.86. The van der Waals surface area contributed by atoms with Crippen LogP contribution in [-0.4, -0.2) is 15.1 Å². The van der Waals surface area contributed by atoms with Gasteiger partial charge in [0.1, 0.15) is 17.3 Å². The summed E-state index contributed by atoms with van der Waals surface area (Å²) in [6.45, 7) is 3.68. The van der Waals surface area contributed by atoms with Crippen LogP contribution in [0.5, 0.6) is 17.4 Å². The minimum Gasteiger partial charge on any atom is -0.508 e. The topological polar surface area (TPSA) is 55.2 Å². The van der Waals surface area contributed by atoms with Crippen molar-refractivity contribution in [2.24, 2.45) is 0 Å². The van der Waals surface area contributed by atoms with Crippen molar-refractivity contribution in [2.75, 3.05) is 0 Å². The van der Waals surface area contributed by atoms with E-state index < -0.39 is 0 Å². The molecule has 0 bridgehead atoms. The van der Waals surface area contributed by atoms with E-state index in [0.29, 0.717) is 17.5 Å². The smallest absolute Gasteiger partial charge is 0.222 e. The number of rotatable bonds is 2. The summed E-state index contributed by atoms with van der Waals surface area (Å²) in [5.41, 5.74) is 0.931. The van der Waals surface area contributed by atoms with Gasteiger partial charge in [0, 0.05) is 18.3 Å². The maximum atomic E-state index is 9.41. The lowest BCUT2D eigenvalue weighted by atomic mass is 10.2. The zero-order chi connectivity index (χ0) is 11.5. The number of phenols is 1. The van der Waals surface area contributed by atoms with Crippen molar-refractivity contribution in [3.05, 3.63) is 41.9 Å². The van der Waals surface area contributed by atoms with Crippen molar-refractivity contribution < 1.29 is 9.84 Å². The molecule has 2 aromatic rings. The van der Waals surface area contributed by atoms with Gasteiger partial charge in [-0.1, -0.05) is 0 Å². The van der Waals surface area contributed by atoms with Crippen LogP contribution < -0.4 is 4.74 Å². The number of hydrogen-bond donors (Lipinski definition) is 1. The molecule has 0 saturated heterocycles. The predicted molar refractivity (Wildman–Crippen MR) is 59.7 cm³/mol. The van der Waals surface area contributed by atoms with E-state index in [2.05, 4.69) is 9.97 Å². The highest BCUT2D eigenvalue weighted by atomic mass is 16.5. The lowest BCUT2D eigenvalue weighted by Gasteiger charge is -2.06. The Morgan fingerprint density at radius 3 is 2.69 bits per heavy atom. The number of hydrogen-bond acceptors (Lipinski definition) is 4. The van der Waals surface area contributed by atoms with Gasteiger partial charge in [-0.2, -0.15) is 4.98 Å². The number of nitrogens with zero attached hydrogens (tertiary/aromatic N) is 2. The minimum absolute atomic E-state index is 0.181. The van der Waals surface area contributed by atoms with Gasteiger partial charge in [-0.3, -0.25) is 0 Å². The highest BCUT2D eigenvalue weighted by Crippen LogP contribution is 2.25. The fourth-order valence-corrected chi connectivity index (χ4v) is 1.40. The second kappa shape index (κ2) is 4.18. The summed E-state index contributed by atoms with van der Waals surface area (Å²) in [5, 5.41) is 9.41. The van der Waals surface area contributed by atoms with Gasteiger partial charge in [-0.15, -0.1) is 0 Å². The Kier molecular flexibility index (Phi) is 2.72. The second-order valence-electron chi connectivity index (χ2n) is 3.55. The van der Waals surface area contributed by atoms with Gasteiger partial charge < -0.3 is 9.84 Å². The molecule has 1 N–H and O–H groups in total. The third kappa shape index (κ3) is 2.48. The average molecular weight is 216 g/mol. The van der Waals surface area contributed by atoms with Gasteiger partial charge in [0.15, 0.2) is 0 Å². The second-order valence-corrected chi connectivity index (χ2v) is 3.55. The molecule has 0 spiro atoms. The number of aromatic hydroxyl groups is 1. The summed E-state index contributed by atoms with van der Waals surface area (Å²) < 4.78 is 5.51. The van der Waals surface area contributed by atoms with Gasteiger partial charge >= 0.3 is 0 Å². The summed E-state index contributed by atoms with van der Waals surface area (Å²) in [6.07, 6.45) is 1.63. The van der Waals surface area contributed by atoms with Crippen LogP contribution >= 0.6 is 0 Å². The predicted octanol–water partition coefficient (Wildman–Crippen LogP) is 2.59. The van der Waals surface area contributed by atoms with Crippen LogP contribution in [0.3, 0.4) is 0 Å². The van der Waals surface area contributed by atoms with Crippen LogP contribution in [0.15, 0.2) is 30.5 Å². The summed E-state index contributed by atoms with van der Waals surface area (Å²) in [4.78, 5) is 8.09. The van der Waals surface area contributed by atoms with Gasteiger partial charge in [0.05, 0.1) is 0 Å². The Morgan fingerprint density at radius 1 is 1.19 bits per heavy atom. The lowest BCUT2D eigenvalue weighted by molar-refractivity contribution is 0.443. The van der Waals surface area contributed by atoms with Crippen LogP contribution in [0.4, 0.5) is 0 Å². The standard InChI is InChI=1S/C12H12N2O2/c1-8-5-10(15)7-11(6-8)16-12-3-4-13-9(2)14-12/h3-7,15H,1-2H3. The van der Waals surface area contributed by atoms with E-state index in [4.69, 9.17) is 4.74 Å². The van der Waals surface area contributed by atoms with Crippen molar-refractivity contribution in [1.82, 2.24) is 9.97 Å². The quantitative estimate of drug-likeness (QED) is 0.838. The molecule has 0 atom stereocenters. The molecule has 0 aliphatic carbocycles. The normalized spacial score (nSPS) is 10.1. The molecule has 16 heavy (non-hydrogen) atoms. The molecule has 82 valence electrons. The van der Waals surface area contributed by atoms with E-state index >= 15 is 0 Å². The molecule has 0 saturated carbocycles. The van der Waals surface area contributed by atoms with Crippen molar-refractivity contribution in [2.45, 2.75) is 13.8 Å². The third-order valence-electron chi connectivity index (χ3n) is 2.01. The average Bonchev–Trinajstić information content (AvgIpc) is 2.15. The van der Waals surface area contributed by atoms with Crippen LogP contribution in [0.2, 0.25) is 0 Å². The Hall–Kier alpha value is -2.10. The van der Waals surface area contributed by atoms with E-state index in [0.717, 1.165) is 5.56 Å². The molecule has 2 rings (SSSR count). The maximum Gasteiger partial charge on any atom is 0.222 e. The molecule has 1 aromatic heterocycles. The first-order chi connectivity index (χ1) is 7.63. The molecule has 1 heterocycles. The lowest BCUT2D eigenvalue weighted by Crippen LogP contribution is -1.92. The molecular formula is C12H12N2O2. The number of aromatic nitrogens is 2. The van der Waals surface area contributed by atoms with Gasteiger partial charge in [-0.05, 0) is 31.5 Å². The molecule has 0 fully saturated rings.